The van der Waals surface area contributed by atoms with E-state index in [1.54, 1.807) is 13.2 Å². The summed E-state index contributed by atoms with van der Waals surface area (Å²) in [6, 6.07) is 10.9. The van der Waals surface area contributed by atoms with E-state index in [2.05, 4.69) is 27.5 Å². The Morgan fingerprint density at radius 1 is 1.24 bits per heavy atom. The van der Waals surface area contributed by atoms with Gasteiger partial charge < -0.3 is 15.0 Å². The van der Waals surface area contributed by atoms with Crippen LogP contribution in [0.15, 0.2) is 30.3 Å². The highest BCUT2D eigenvalue weighted by Gasteiger charge is 2.38. The Bertz CT molecular complexity index is 741. The number of aromatic amines is 1. The molecule has 2 aromatic rings. The number of piperidine rings is 1. The van der Waals surface area contributed by atoms with Crippen molar-refractivity contribution in [2.24, 2.45) is 0 Å². The van der Waals surface area contributed by atoms with Crippen molar-refractivity contribution < 1.29 is 9.53 Å². The molecule has 2 N–H and O–H groups in total. The number of methoxy groups -OCH3 is 1. The van der Waals surface area contributed by atoms with E-state index < -0.39 is 0 Å². The van der Waals surface area contributed by atoms with Crippen LogP contribution >= 0.6 is 0 Å². The van der Waals surface area contributed by atoms with E-state index in [-0.39, 0.29) is 11.9 Å². The van der Waals surface area contributed by atoms with Gasteiger partial charge in [0.2, 0.25) is 0 Å². The molecule has 25 heavy (non-hydrogen) atoms. The summed E-state index contributed by atoms with van der Waals surface area (Å²) in [6.07, 6.45) is 4.58. The maximum Gasteiger partial charge on any atom is 0.269 e. The third-order valence-electron chi connectivity index (χ3n) is 5.64. The lowest BCUT2D eigenvalue weighted by molar-refractivity contribution is 0.0877. The Kier molecular flexibility index (Phi) is 4.21. The van der Waals surface area contributed by atoms with Crippen molar-refractivity contribution in [2.75, 3.05) is 14.2 Å². The van der Waals surface area contributed by atoms with Gasteiger partial charge >= 0.3 is 0 Å². The predicted octanol–water partition coefficient (Wildman–Crippen LogP) is 2.44. The molecule has 1 aromatic heterocycles. The normalized spacial score (nSPS) is 25.8. The zero-order valence-corrected chi connectivity index (χ0v) is 14.7. The summed E-state index contributed by atoms with van der Waals surface area (Å²) in [6.45, 7) is 0. The van der Waals surface area contributed by atoms with Crippen molar-refractivity contribution in [1.29, 1.82) is 0 Å². The first-order valence-electron chi connectivity index (χ1n) is 8.86. The summed E-state index contributed by atoms with van der Waals surface area (Å²) in [5.41, 5.74) is 2.22. The van der Waals surface area contributed by atoms with E-state index in [1.807, 2.05) is 24.3 Å². The molecule has 2 fully saturated rings. The molecule has 0 radical (unpaired) electrons. The second-order valence-electron chi connectivity index (χ2n) is 7.09. The molecule has 132 valence electrons. The van der Waals surface area contributed by atoms with E-state index in [9.17, 15) is 4.79 Å². The summed E-state index contributed by atoms with van der Waals surface area (Å²) >= 11 is 0. The molecule has 1 amide bonds. The highest BCUT2D eigenvalue weighted by atomic mass is 16.5. The fraction of sp³-hybridized carbons (Fsp3) is 0.474. The number of benzene rings is 1. The Labute approximate surface area is 147 Å². The molecule has 0 aliphatic carbocycles. The predicted molar refractivity (Wildman–Crippen MR) is 95.6 cm³/mol. The number of rotatable bonds is 4. The maximum atomic E-state index is 12.6. The van der Waals surface area contributed by atoms with Crippen molar-refractivity contribution >= 4 is 5.91 Å². The molecule has 4 rings (SSSR count). The second kappa shape index (κ2) is 6.52. The van der Waals surface area contributed by atoms with Gasteiger partial charge in [-0.1, -0.05) is 0 Å². The van der Waals surface area contributed by atoms with Crippen LogP contribution in [-0.4, -0.2) is 53.3 Å². The van der Waals surface area contributed by atoms with Gasteiger partial charge in [-0.3, -0.25) is 9.89 Å². The average molecular weight is 340 g/mol. The zero-order chi connectivity index (χ0) is 17.4. The van der Waals surface area contributed by atoms with E-state index in [0.717, 1.165) is 29.8 Å². The third-order valence-corrected chi connectivity index (χ3v) is 5.64. The first-order valence-corrected chi connectivity index (χ1v) is 8.86. The van der Waals surface area contributed by atoms with Gasteiger partial charge in [0, 0.05) is 23.7 Å². The van der Waals surface area contributed by atoms with Crippen molar-refractivity contribution in [3.8, 4) is 17.0 Å². The highest BCUT2D eigenvalue weighted by Crippen LogP contribution is 2.34. The van der Waals surface area contributed by atoms with E-state index in [0.29, 0.717) is 17.8 Å². The summed E-state index contributed by atoms with van der Waals surface area (Å²) in [5.74, 6) is 0.732. The van der Waals surface area contributed by atoms with Crippen molar-refractivity contribution in [3.05, 3.63) is 36.0 Å². The van der Waals surface area contributed by atoms with E-state index in [1.165, 1.54) is 12.8 Å². The second-order valence-corrected chi connectivity index (χ2v) is 7.09. The molecule has 1 aromatic carbocycles. The number of H-pyrrole nitrogens is 1. The number of ether oxygens (including phenoxy) is 1. The van der Waals surface area contributed by atoms with Gasteiger partial charge in [0.15, 0.2) is 0 Å². The zero-order valence-electron chi connectivity index (χ0n) is 14.7. The standard InChI is InChI=1S/C19H24N4O2/c1-23-14-5-6-15(23)10-13(9-14)20-19(24)18-11-17(21-22-18)12-3-7-16(25-2)8-4-12/h3-4,7-8,11,13-15H,5-6,9-10H2,1-2H3,(H,20,24)(H,21,22). The van der Waals surface area contributed by atoms with Crippen LogP contribution < -0.4 is 10.1 Å². The number of aromatic nitrogens is 2. The Balaban J connectivity index is 1.42. The SMILES string of the molecule is COc1ccc(-c2cc(C(=O)NC3CC4CCC(C3)N4C)[nH]n2)cc1. The number of carbonyl (C=O) groups is 1. The lowest BCUT2D eigenvalue weighted by atomic mass is 9.98. The van der Waals surface area contributed by atoms with E-state index >= 15 is 0 Å². The molecule has 2 aliphatic rings. The summed E-state index contributed by atoms with van der Waals surface area (Å²) < 4.78 is 5.17. The van der Waals surface area contributed by atoms with E-state index in [4.69, 9.17) is 4.74 Å². The minimum absolute atomic E-state index is 0.0683. The first-order chi connectivity index (χ1) is 12.1. The van der Waals surface area contributed by atoms with Crippen LogP contribution in [-0.2, 0) is 0 Å². The number of nitrogens with one attached hydrogen (secondary N) is 2. The lowest BCUT2D eigenvalue weighted by Crippen LogP contribution is -2.48. The van der Waals surface area contributed by atoms with Crippen molar-refractivity contribution in [3.63, 3.8) is 0 Å². The summed E-state index contributed by atoms with van der Waals surface area (Å²) in [5, 5.41) is 10.3. The fourth-order valence-electron chi connectivity index (χ4n) is 4.14. The summed E-state index contributed by atoms with van der Waals surface area (Å²) in [7, 11) is 3.84. The molecule has 0 saturated carbocycles. The quantitative estimate of drug-likeness (QED) is 0.897. The van der Waals surface area contributed by atoms with Crippen LogP contribution in [0.25, 0.3) is 11.3 Å². The molecule has 2 atom stereocenters. The number of fused-ring (bicyclic) bond motifs is 2. The van der Waals surface area contributed by atoms with Crippen LogP contribution in [0.1, 0.15) is 36.2 Å². The minimum atomic E-state index is -0.0683. The number of nitrogens with zero attached hydrogens (tertiary/aromatic N) is 2. The van der Waals surface area contributed by atoms with Crippen LogP contribution in [0.2, 0.25) is 0 Å². The van der Waals surface area contributed by atoms with Crippen molar-refractivity contribution in [1.82, 2.24) is 20.4 Å². The fourth-order valence-corrected chi connectivity index (χ4v) is 4.14. The average Bonchev–Trinajstić information content (AvgIpc) is 3.18. The summed E-state index contributed by atoms with van der Waals surface area (Å²) in [4.78, 5) is 15.0. The molecule has 2 aliphatic heterocycles. The third kappa shape index (κ3) is 3.14. The Morgan fingerprint density at radius 2 is 1.92 bits per heavy atom. The largest absolute Gasteiger partial charge is 0.497 e. The maximum absolute atomic E-state index is 12.6. The Hall–Kier alpha value is -2.34. The number of carbonyl (C=O) groups excluding carboxylic acids is 1. The topological polar surface area (TPSA) is 70.2 Å². The van der Waals surface area contributed by atoms with Gasteiger partial charge in [0.05, 0.1) is 12.8 Å². The molecular weight excluding hydrogens is 316 g/mol. The van der Waals surface area contributed by atoms with Crippen LogP contribution in [0.3, 0.4) is 0 Å². The molecule has 2 saturated heterocycles. The molecule has 2 unspecified atom stereocenters. The van der Waals surface area contributed by atoms with Gasteiger partial charge in [0.25, 0.3) is 5.91 Å². The van der Waals surface area contributed by atoms with Crippen molar-refractivity contribution in [2.45, 2.75) is 43.8 Å². The highest BCUT2D eigenvalue weighted by molar-refractivity contribution is 5.93. The number of hydrogen-bond donors (Lipinski definition) is 2. The monoisotopic (exact) mass is 340 g/mol. The first kappa shape index (κ1) is 16.1. The smallest absolute Gasteiger partial charge is 0.269 e. The van der Waals surface area contributed by atoms with Crippen LogP contribution in [0.4, 0.5) is 0 Å². The van der Waals surface area contributed by atoms with Gasteiger partial charge in [-0.2, -0.15) is 5.10 Å². The molecule has 6 nitrogen and oxygen atoms in total. The van der Waals surface area contributed by atoms with Gasteiger partial charge in [-0.25, -0.2) is 0 Å². The molecule has 3 heterocycles. The lowest BCUT2D eigenvalue weighted by Gasteiger charge is -2.36. The van der Waals surface area contributed by atoms with Gasteiger partial charge in [-0.15, -0.1) is 0 Å². The minimum Gasteiger partial charge on any atom is -0.497 e. The van der Waals surface area contributed by atoms with Gasteiger partial charge in [0.1, 0.15) is 11.4 Å². The molecule has 6 heteroatoms. The number of amides is 1. The van der Waals surface area contributed by atoms with Crippen LogP contribution in [0.5, 0.6) is 5.75 Å². The molecule has 0 spiro atoms. The molecule has 2 bridgehead atoms. The number of hydrogen-bond acceptors (Lipinski definition) is 4. The van der Waals surface area contributed by atoms with Gasteiger partial charge in [-0.05, 0) is 63.1 Å². The Morgan fingerprint density at radius 3 is 2.56 bits per heavy atom. The van der Waals surface area contributed by atoms with Crippen LogP contribution in [0, 0.1) is 0 Å². The molecular formula is C19H24N4O2.